The predicted octanol–water partition coefficient (Wildman–Crippen LogP) is 9.90. The van der Waals surface area contributed by atoms with Crippen LogP contribution in [0, 0.1) is 5.82 Å². The van der Waals surface area contributed by atoms with Gasteiger partial charge in [0.25, 0.3) is 0 Å². The zero-order valence-electron chi connectivity index (χ0n) is 30.1. The van der Waals surface area contributed by atoms with Gasteiger partial charge in [-0.3, -0.25) is 9.55 Å². The molecule has 0 spiro atoms. The van der Waals surface area contributed by atoms with Gasteiger partial charge in [0.15, 0.2) is 0 Å². The van der Waals surface area contributed by atoms with Gasteiger partial charge in [0.05, 0.1) is 33.4 Å². The Bertz CT molecular complexity index is 2730. The molecule has 4 aromatic carbocycles. The van der Waals surface area contributed by atoms with Gasteiger partial charge in [0.2, 0.25) is 11.9 Å². The molecule has 0 bridgehead atoms. The Balaban J connectivity index is 0.000000177. The molecule has 0 unspecified atom stereocenters. The van der Waals surface area contributed by atoms with E-state index in [1.807, 2.05) is 37.3 Å². The van der Waals surface area contributed by atoms with Crippen molar-refractivity contribution in [3.05, 3.63) is 138 Å². The van der Waals surface area contributed by atoms with Crippen molar-refractivity contribution in [2.75, 3.05) is 22.1 Å². The highest BCUT2D eigenvalue weighted by Crippen LogP contribution is 2.33. The number of rotatable bonds is 7. The number of nitrogens with two attached hydrogens (primary N) is 2. The van der Waals surface area contributed by atoms with Crippen LogP contribution in [-0.2, 0) is 18.8 Å². The van der Waals surface area contributed by atoms with Crippen LogP contribution in [0.4, 0.5) is 65.6 Å². The number of para-hydroxylation sites is 1. The molecule has 0 saturated heterocycles. The molecule has 8 rings (SSSR count). The maximum absolute atomic E-state index is 13.8. The van der Waals surface area contributed by atoms with E-state index < -0.39 is 29.3 Å². The van der Waals surface area contributed by atoms with Crippen LogP contribution in [0.15, 0.2) is 115 Å². The van der Waals surface area contributed by atoms with Crippen molar-refractivity contribution in [3.8, 4) is 17.1 Å². The number of aromatic nitrogens is 7. The van der Waals surface area contributed by atoms with Crippen molar-refractivity contribution in [2.45, 2.75) is 25.7 Å². The van der Waals surface area contributed by atoms with Crippen LogP contribution in [0.2, 0.25) is 0 Å². The number of nitrogen functional groups attached to an aromatic ring is 2. The van der Waals surface area contributed by atoms with Crippen LogP contribution in [-0.4, -0.2) is 34.5 Å². The van der Waals surface area contributed by atoms with Crippen molar-refractivity contribution >= 4 is 56.8 Å². The van der Waals surface area contributed by atoms with Gasteiger partial charge in [-0.1, -0.05) is 25.1 Å². The van der Waals surface area contributed by atoms with Gasteiger partial charge < -0.3 is 22.1 Å². The quantitative estimate of drug-likeness (QED) is 0.114. The minimum absolute atomic E-state index is 0.0880. The highest BCUT2D eigenvalue weighted by Gasteiger charge is 2.31. The van der Waals surface area contributed by atoms with E-state index in [0.29, 0.717) is 46.2 Å². The fourth-order valence-electron chi connectivity index (χ4n) is 5.94. The molecule has 4 aromatic heterocycles. The fourth-order valence-corrected chi connectivity index (χ4v) is 5.94. The van der Waals surface area contributed by atoms with Crippen LogP contribution in [0.25, 0.3) is 39.0 Å². The number of benzene rings is 4. The SMILES string of the molecule is CCc1nc2ccc(F)cc2n1-c1cc(N)nc(Nc2ccc(C(F)(F)F)cc2)n1.Nc1cc(-c2ccnc3ccccc23)nc(Nc2ccc(C(F)(F)F)cc2)n1. The van der Waals surface area contributed by atoms with E-state index in [0.717, 1.165) is 40.7 Å². The molecule has 58 heavy (non-hydrogen) atoms. The minimum Gasteiger partial charge on any atom is -0.384 e. The number of nitrogens with zero attached hydrogens (tertiary/aromatic N) is 7. The second kappa shape index (κ2) is 15.6. The lowest BCUT2D eigenvalue weighted by molar-refractivity contribution is -0.138. The van der Waals surface area contributed by atoms with Gasteiger partial charge in [-0.05, 0) is 72.8 Å². The third-order valence-electron chi connectivity index (χ3n) is 8.57. The highest BCUT2D eigenvalue weighted by molar-refractivity contribution is 5.93. The van der Waals surface area contributed by atoms with Crippen molar-refractivity contribution in [1.82, 2.24) is 34.5 Å². The molecule has 0 aliphatic carbocycles. The largest absolute Gasteiger partial charge is 0.416 e. The average Bonchev–Trinajstić information content (AvgIpc) is 3.55. The average molecular weight is 798 g/mol. The maximum atomic E-state index is 13.8. The van der Waals surface area contributed by atoms with Gasteiger partial charge in [-0.2, -0.15) is 41.3 Å². The van der Waals surface area contributed by atoms with Gasteiger partial charge in [-0.25, -0.2) is 14.4 Å². The molecule has 0 aliphatic rings. The Morgan fingerprint density at radius 1 is 0.621 bits per heavy atom. The molecule has 294 valence electrons. The van der Waals surface area contributed by atoms with Crippen molar-refractivity contribution < 1.29 is 30.7 Å². The summed E-state index contributed by atoms with van der Waals surface area (Å²) >= 11 is 0. The number of hydrogen-bond donors (Lipinski definition) is 4. The first kappa shape index (κ1) is 38.9. The number of hydrogen-bond acceptors (Lipinski definition) is 10. The zero-order valence-corrected chi connectivity index (χ0v) is 30.1. The number of nitrogens with one attached hydrogen (secondary N) is 2. The molecule has 0 aliphatic heterocycles. The lowest BCUT2D eigenvalue weighted by Crippen LogP contribution is -2.08. The normalized spacial score (nSPS) is 11.7. The first-order chi connectivity index (χ1) is 27.6. The second-order valence-corrected chi connectivity index (χ2v) is 12.6. The van der Waals surface area contributed by atoms with Crippen LogP contribution in [0.5, 0.6) is 0 Å². The molecule has 11 nitrogen and oxygen atoms in total. The molecule has 0 radical (unpaired) electrons. The fraction of sp³-hybridized carbons (Fsp3) is 0.100. The van der Waals surface area contributed by atoms with Crippen LogP contribution in [0.1, 0.15) is 23.9 Å². The van der Waals surface area contributed by atoms with Crippen LogP contribution in [0.3, 0.4) is 0 Å². The monoisotopic (exact) mass is 797 g/mol. The van der Waals surface area contributed by atoms with E-state index in [-0.39, 0.29) is 23.5 Å². The first-order valence-corrected chi connectivity index (χ1v) is 17.3. The van der Waals surface area contributed by atoms with E-state index in [4.69, 9.17) is 11.5 Å². The summed E-state index contributed by atoms with van der Waals surface area (Å²) in [6.07, 6.45) is -6.57. The number of fused-ring (bicyclic) bond motifs is 2. The molecule has 18 heteroatoms. The van der Waals surface area contributed by atoms with Crippen molar-refractivity contribution in [2.24, 2.45) is 0 Å². The number of pyridine rings is 1. The summed E-state index contributed by atoms with van der Waals surface area (Å²) in [4.78, 5) is 25.9. The van der Waals surface area contributed by atoms with E-state index in [1.165, 1.54) is 42.5 Å². The van der Waals surface area contributed by atoms with Gasteiger partial charge in [-0.15, -0.1) is 0 Å². The standard InChI is InChI=1S/C20H16F4N6.C20H14F3N5/c1-2-17-27-14-8-5-12(21)9-15(14)30(17)18-10-16(25)28-19(29-18)26-13-6-3-11(4-7-13)20(22,23)24;21-20(22,23)12-5-7-13(8-6-12)26-19-27-17(11-18(24)28-19)15-9-10-25-16-4-2-1-3-14(15)16/h3-10H,2H2,1H3,(H3,25,26,28,29);1-11H,(H3,24,26,27,28). The molecular weight excluding hydrogens is 768 g/mol. The van der Waals surface area contributed by atoms with Crippen molar-refractivity contribution in [3.63, 3.8) is 0 Å². The third-order valence-corrected chi connectivity index (χ3v) is 8.57. The van der Waals surface area contributed by atoms with Crippen LogP contribution < -0.4 is 22.1 Å². The number of anilines is 6. The zero-order chi connectivity index (χ0) is 41.2. The molecule has 0 amide bonds. The maximum Gasteiger partial charge on any atom is 0.416 e. The lowest BCUT2D eigenvalue weighted by Gasteiger charge is -2.12. The second-order valence-electron chi connectivity index (χ2n) is 12.6. The number of halogens is 7. The van der Waals surface area contributed by atoms with Crippen molar-refractivity contribution in [1.29, 1.82) is 0 Å². The highest BCUT2D eigenvalue weighted by atomic mass is 19.4. The molecule has 4 heterocycles. The van der Waals surface area contributed by atoms with Gasteiger partial charge in [0.1, 0.15) is 29.1 Å². The Labute approximate surface area is 324 Å². The molecule has 8 aromatic rings. The summed E-state index contributed by atoms with van der Waals surface area (Å²) in [5, 5.41) is 6.65. The first-order valence-electron chi connectivity index (χ1n) is 17.3. The molecule has 6 N–H and O–H groups in total. The van der Waals surface area contributed by atoms with E-state index in [2.05, 4.69) is 40.5 Å². The van der Waals surface area contributed by atoms with E-state index in [9.17, 15) is 30.7 Å². The molecule has 0 saturated carbocycles. The smallest absolute Gasteiger partial charge is 0.384 e. The minimum atomic E-state index is -4.42. The predicted molar refractivity (Wildman–Crippen MR) is 207 cm³/mol. The van der Waals surface area contributed by atoms with Gasteiger partial charge in [0, 0.05) is 53.1 Å². The summed E-state index contributed by atoms with van der Waals surface area (Å²) in [6.45, 7) is 1.90. The number of aryl methyl sites for hydroxylation is 1. The summed E-state index contributed by atoms with van der Waals surface area (Å²) in [5.41, 5.74) is 14.5. The van der Waals surface area contributed by atoms with E-state index >= 15 is 0 Å². The van der Waals surface area contributed by atoms with Gasteiger partial charge >= 0.3 is 12.4 Å². The Hall–Kier alpha value is -7.37. The van der Waals surface area contributed by atoms with Crippen LogP contribution >= 0.6 is 0 Å². The summed E-state index contributed by atoms with van der Waals surface area (Å²) in [7, 11) is 0. The lowest BCUT2D eigenvalue weighted by atomic mass is 10.1. The number of imidazole rings is 1. The summed E-state index contributed by atoms with van der Waals surface area (Å²) < 4.78 is 91.8. The summed E-state index contributed by atoms with van der Waals surface area (Å²) in [5.74, 6) is 1.24. The Morgan fingerprint density at radius 3 is 1.81 bits per heavy atom. The molecule has 0 atom stereocenters. The molecular formula is C40H30F7N11. The third kappa shape index (κ3) is 8.70. The Kier molecular flexibility index (Phi) is 10.5. The Morgan fingerprint density at radius 2 is 1.21 bits per heavy atom. The summed E-state index contributed by atoms with van der Waals surface area (Å²) in [6, 6.07) is 25.9. The molecule has 0 fully saturated rings. The number of alkyl halides is 6. The topological polar surface area (TPSA) is 158 Å². The van der Waals surface area contributed by atoms with E-state index in [1.54, 1.807) is 22.9 Å².